The van der Waals surface area contributed by atoms with Gasteiger partial charge in [-0.2, -0.15) is 4.31 Å². The number of hydrogen-bond acceptors (Lipinski definition) is 4. The van der Waals surface area contributed by atoms with Gasteiger partial charge in [0.25, 0.3) is 5.91 Å². The van der Waals surface area contributed by atoms with Gasteiger partial charge in [0, 0.05) is 43.1 Å². The Hall–Kier alpha value is -3.30. The lowest BCUT2D eigenvalue weighted by Crippen LogP contribution is -2.48. The van der Waals surface area contributed by atoms with Crippen molar-refractivity contribution in [3.8, 4) is 0 Å². The van der Waals surface area contributed by atoms with E-state index in [0.717, 1.165) is 17.8 Å². The number of rotatable bonds is 5. The highest BCUT2D eigenvalue weighted by Gasteiger charge is 2.31. The monoisotopic (exact) mass is 471 g/mol. The molecule has 0 radical (unpaired) electrons. The molecular formula is C24H23F2N3O3S. The fourth-order valence-corrected chi connectivity index (χ4v) is 5.19. The highest BCUT2D eigenvalue weighted by molar-refractivity contribution is 7.89. The Labute approximate surface area is 191 Å². The lowest BCUT2D eigenvalue weighted by atomic mass is 10.2. The molecule has 1 N–H and O–H groups in total. The number of piperazine rings is 1. The van der Waals surface area contributed by atoms with Crippen molar-refractivity contribution in [2.75, 3.05) is 36.4 Å². The first-order valence-corrected chi connectivity index (χ1v) is 11.9. The van der Waals surface area contributed by atoms with Crippen LogP contribution in [0.4, 0.5) is 20.2 Å². The van der Waals surface area contributed by atoms with Crippen LogP contribution in [-0.2, 0) is 10.0 Å². The second-order valence-electron chi connectivity index (χ2n) is 7.79. The van der Waals surface area contributed by atoms with Gasteiger partial charge in [-0.3, -0.25) is 4.79 Å². The molecule has 0 spiro atoms. The predicted molar refractivity (Wildman–Crippen MR) is 123 cm³/mol. The van der Waals surface area contributed by atoms with Crippen molar-refractivity contribution >= 4 is 27.3 Å². The Morgan fingerprint density at radius 3 is 2.24 bits per heavy atom. The molecule has 6 nitrogen and oxygen atoms in total. The molecule has 0 saturated carbocycles. The number of hydrogen-bond donors (Lipinski definition) is 1. The van der Waals surface area contributed by atoms with E-state index in [1.807, 2.05) is 30.3 Å². The standard InChI is InChI=1S/C24H23F2N3O3S/c1-17-7-9-19(16-22(17)26)27-24(30)18-8-10-21(25)23(15-18)33(31,32)29-13-11-28(12-14-29)20-5-3-2-4-6-20/h2-10,15-16H,11-14H2,1H3,(H,27,30). The molecule has 1 saturated heterocycles. The normalized spacial score (nSPS) is 14.8. The third-order valence-electron chi connectivity index (χ3n) is 5.60. The van der Waals surface area contributed by atoms with Gasteiger partial charge in [0.2, 0.25) is 10.0 Å². The Kier molecular flexibility index (Phi) is 6.44. The number of aryl methyl sites for hydroxylation is 1. The molecule has 0 aliphatic carbocycles. The number of carbonyl (C=O) groups excluding carboxylic acids is 1. The summed E-state index contributed by atoms with van der Waals surface area (Å²) < 4.78 is 55.8. The van der Waals surface area contributed by atoms with Crippen LogP contribution in [0.15, 0.2) is 71.6 Å². The highest BCUT2D eigenvalue weighted by Crippen LogP contribution is 2.24. The molecule has 4 rings (SSSR count). The number of para-hydroxylation sites is 1. The van der Waals surface area contributed by atoms with Gasteiger partial charge in [-0.25, -0.2) is 17.2 Å². The van der Waals surface area contributed by atoms with E-state index in [2.05, 4.69) is 10.2 Å². The Morgan fingerprint density at radius 2 is 1.58 bits per heavy atom. The molecule has 1 aliphatic rings. The van der Waals surface area contributed by atoms with Crippen LogP contribution in [0.3, 0.4) is 0 Å². The molecular weight excluding hydrogens is 448 g/mol. The summed E-state index contributed by atoms with van der Waals surface area (Å²) in [5, 5.41) is 2.51. The van der Waals surface area contributed by atoms with E-state index in [9.17, 15) is 22.0 Å². The molecule has 3 aromatic carbocycles. The van der Waals surface area contributed by atoms with E-state index in [0.29, 0.717) is 18.7 Å². The minimum absolute atomic E-state index is 0.0427. The number of nitrogens with one attached hydrogen (secondary N) is 1. The van der Waals surface area contributed by atoms with Crippen LogP contribution >= 0.6 is 0 Å². The first-order valence-electron chi connectivity index (χ1n) is 10.4. The van der Waals surface area contributed by atoms with Gasteiger partial charge in [-0.1, -0.05) is 24.3 Å². The van der Waals surface area contributed by atoms with Crippen molar-refractivity contribution in [2.45, 2.75) is 11.8 Å². The Balaban J connectivity index is 1.51. The topological polar surface area (TPSA) is 69.7 Å². The van der Waals surface area contributed by atoms with Crippen LogP contribution in [0, 0.1) is 18.6 Å². The van der Waals surface area contributed by atoms with Gasteiger partial charge in [-0.15, -0.1) is 0 Å². The van der Waals surface area contributed by atoms with Crippen molar-refractivity contribution in [1.82, 2.24) is 4.31 Å². The van der Waals surface area contributed by atoms with Gasteiger partial charge in [0.15, 0.2) is 0 Å². The van der Waals surface area contributed by atoms with Crippen LogP contribution in [0.1, 0.15) is 15.9 Å². The molecule has 33 heavy (non-hydrogen) atoms. The smallest absolute Gasteiger partial charge is 0.255 e. The summed E-state index contributed by atoms with van der Waals surface area (Å²) in [4.78, 5) is 14.1. The molecule has 0 atom stereocenters. The molecule has 1 fully saturated rings. The second kappa shape index (κ2) is 9.29. The largest absolute Gasteiger partial charge is 0.369 e. The van der Waals surface area contributed by atoms with Crippen molar-refractivity contribution in [1.29, 1.82) is 0 Å². The molecule has 3 aromatic rings. The van der Waals surface area contributed by atoms with Gasteiger partial charge < -0.3 is 10.2 Å². The van der Waals surface area contributed by atoms with Gasteiger partial charge in [-0.05, 0) is 55.0 Å². The van der Waals surface area contributed by atoms with Crippen LogP contribution in [0.25, 0.3) is 0 Å². The number of sulfonamides is 1. The van der Waals surface area contributed by atoms with Crippen molar-refractivity contribution in [3.63, 3.8) is 0 Å². The van der Waals surface area contributed by atoms with E-state index < -0.39 is 32.5 Å². The van der Waals surface area contributed by atoms with E-state index in [1.165, 1.54) is 28.6 Å². The zero-order valence-electron chi connectivity index (χ0n) is 18.0. The van der Waals surface area contributed by atoms with Crippen molar-refractivity contribution < 1.29 is 22.0 Å². The maximum Gasteiger partial charge on any atom is 0.255 e. The molecule has 1 aliphatic heterocycles. The van der Waals surface area contributed by atoms with E-state index in [-0.39, 0.29) is 24.3 Å². The third-order valence-corrected chi connectivity index (χ3v) is 7.51. The highest BCUT2D eigenvalue weighted by atomic mass is 32.2. The summed E-state index contributed by atoms with van der Waals surface area (Å²) in [6.07, 6.45) is 0. The van der Waals surface area contributed by atoms with Crippen molar-refractivity contribution in [3.05, 3.63) is 89.5 Å². The minimum Gasteiger partial charge on any atom is -0.369 e. The molecule has 0 aromatic heterocycles. The van der Waals surface area contributed by atoms with Crippen LogP contribution in [-0.4, -0.2) is 44.8 Å². The zero-order valence-corrected chi connectivity index (χ0v) is 18.8. The summed E-state index contributed by atoms with van der Waals surface area (Å²) in [6.45, 7) is 2.90. The third kappa shape index (κ3) is 4.89. The number of amides is 1. The number of carbonyl (C=O) groups is 1. The van der Waals surface area contributed by atoms with Gasteiger partial charge in [0.05, 0.1) is 0 Å². The molecule has 172 valence electrons. The molecule has 0 bridgehead atoms. The summed E-state index contributed by atoms with van der Waals surface area (Å²) in [7, 11) is -4.15. The summed E-state index contributed by atoms with van der Waals surface area (Å²) in [5.41, 5.74) is 1.59. The number of nitrogens with zero attached hydrogens (tertiary/aromatic N) is 2. The first kappa shape index (κ1) is 22.9. The maximum absolute atomic E-state index is 14.6. The summed E-state index contributed by atoms with van der Waals surface area (Å²) in [5.74, 6) is -2.08. The summed E-state index contributed by atoms with van der Waals surface area (Å²) in [6, 6.07) is 17.0. The molecule has 0 unspecified atom stereocenters. The lowest BCUT2D eigenvalue weighted by Gasteiger charge is -2.35. The van der Waals surface area contributed by atoms with Crippen LogP contribution in [0.5, 0.6) is 0 Å². The van der Waals surface area contributed by atoms with Gasteiger partial charge >= 0.3 is 0 Å². The maximum atomic E-state index is 14.6. The van der Waals surface area contributed by atoms with Crippen LogP contribution in [0.2, 0.25) is 0 Å². The average Bonchev–Trinajstić information content (AvgIpc) is 2.82. The van der Waals surface area contributed by atoms with Crippen LogP contribution < -0.4 is 10.2 Å². The fraction of sp³-hybridized carbons (Fsp3) is 0.208. The quantitative estimate of drug-likeness (QED) is 0.610. The fourth-order valence-electron chi connectivity index (χ4n) is 3.68. The van der Waals surface area contributed by atoms with Crippen molar-refractivity contribution in [2.24, 2.45) is 0 Å². The Morgan fingerprint density at radius 1 is 0.879 bits per heavy atom. The van der Waals surface area contributed by atoms with E-state index >= 15 is 0 Å². The number of halogens is 2. The average molecular weight is 472 g/mol. The lowest BCUT2D eigenvalue weighted by molar-refractivity contribution is 0.102. The summed E-state index contributed by atoms with van der Waals surface area (Å²) >= 11 is 0. The molecule has 1 heterocycles. The molecule has 1 amide bonds. The predicted octanol–water partition coefficient (Wildman–Crippen LogP) is 4.04. The number of benzene rings is 3. The zero-order chi connectivity index (χ0) is 23.6. The van der Waals surface area contributed by atoms with E-state index in [1.54, 1.807) is 6.92 Å². The number of anilines is 2. The van der Waals surface area contributed by atoms with E-state index in [4.69, 9.17) is 0 Å². The first-order chi connectivity index (χ1) is 15.8. The molecule has 9 heteroatoms. The SMILES string of the molecule is Cc1ccc(NC(=O)c2ccc(F)c(S(=O)(=O)N3CCN(c4ccccc4)CC3)c2)cc1F. The Bertz CT molecular complexity index is 1280. The second-order valence-corrected chi connectivity index (χ2v) is 9.70. The minimum atomic E-state index is -4.15. The van der Waals surface area contributed by atoms with Gasteiger partial charge in [0.1, 0.15) is 16.5 Å².